The highest BCUT2D eigenvalue weighted by Gasteiger charge is 2.26. The van der Waals surface area contributed by atoms with Crippen LogP contribution in [-0.4, -0.2) is 38.3 Å². The van der Waals surface area contributed by atoms with Crippen LogP contribution in [0.4, 0.5) is 5.69 Å². The van der Waals surface area contributed by atoms with Crippen LogP contribution in [0.1, 0.15) is 15.9 Å². The smallest absolute Gasteiger partial charge is 0.337 e. The van der Waals surface area contributed by atoms with E-state index < -0.39 is 21.9 Å². The number of hydrogen-bond donors (Lipinski definition) is 1. The second-order valence-electron chi connectivity index (χ2n) is 6.69. The normalized spacial score (nSPS) is 11.2. The zero-order chi connectivity index (χ0) is 22.3. The molecular formula is C23H22N2O5S. The van der Waals surface area contributed by atoms with Crippen molar-refractivity contribution in [2.75, 3.05) is 19.0 Å². The van der Waals surface area contributed by atoms with E-state index >= 15 is 0 Å². The van der Waals surface area contributed by atoms with Crippen LogP contribution < -0.4 is 5.32 Å². The Labute approximate surface area is 181 Å². The summed E-state index contributed by atoms with van der Waals surface area (Å²) in [5.41, 5.74) is 1.55. The van der Waals surface area contributed by atoms with Crippen LogP contribution in [0.2, 0.25) is 0 Å². The molecule has 0 atom stereocenters. The largest absolute Gasteiger partial charge is 0.465 e. The van der Waals surface area contributed by atoms with Gasteiger partial charge in [-0.2, -0.15) is 4.31 Å². The molecule has 0 spiro atoms. The second-order valence-corrected chi connectivity index (χ2v) is 8.63. The predicted octanol–water partition coefficient (Wildman–Crippen LogP) is 3.30. The highest BCUT2D eigenvalue weighted by molar-refractivity contribution is 7.89. The number of benzene rings is 3. The van der Waals surface area contributed by atoms with Gasteiger partial charge in [0.1, 0.15) is 0 Å². The maximum atomic E-state index is 13.2. The third-order valence-corrected chi connectivity index (χ3v) is 6.30. The molecule has 0 saturated heterocycles. The number of ether oxygens (including phenoxy) is 1. The van der Waals surface area contributed by atoms with Crippen molar-refractivity contribution in [1.82, 2.24) is 4.31 Å². The fraction of sp³-hybridized carbons (Fsp3) is 0.130. The molecule has 0 aromatic heterocycles. The predicted molar refractivity (Wildman–Crippen MR) is 117 cm³/mol. The van der Waals surface area contributed by atoms with Crippen LogP contribution in [0.5, 0.6) is 0 Å². The van der Waals surface area contributed by atoms with E-state index in [2.05, 4.69) is 10.1 Å². The lowest BCUT2D eigenvalue weighted by molar-refractivity contribution is -0.116. The Morgan fingerprint density at radius 2 is 1.45 bits per heavy atom. The summed E-state index contributed by atoms with van der Waals surface area (Å²) >= 11 is 0. The summed E-state index contributed by atoms with van der Waals surface area (Å²) in [6, 6.07) is 23.2. The van der Waals surface area contributed by atoms with Gasteiger partial charge < -0.3 is 10.1 Å². The van der Waals surface area contributed by atoms with E-state index in [0.29, 0.717) is 11.3 Å². The summed E-state index contributed by atoms with van der Waals surface area (Å²) in [5, 5.41) is 2.67. The first-order valence-corrected chi connectivity index (χ1v) is 10.9. The lowest BCUT2D eigenvalue weighted by atomic mass is 10.2. The van der Waals surface area contributed by atoms with Gasteiger partial charge in [-0.25, -0.2) is 13.2 Å². The van der Waals surface area contributed by atoms with Crippen LogP contribution in [0, 0.1) is 0 Å². The SMILES string of the molecule is COC(=O)c1ccc(NC(=O)CN(Cc2ccccc2)S(=O)(=O)c2ccccc2)cc1. The van der Waals surface area contributed by atoms with Gasteiger partial charge in [-0.15, -0.1) is 0 Å². The summed E-state index contributed by atoms with van der Waals surface area (Å²) < 4.78 is 32.1. The minimum atomic E-state index is -3.90. The van der Waals surface area contributed by atoms with Crippen molar-refractivity contribution in [2.45, 2.75) is 11.4 Å². The molecule has 1 amide bonds. The van der Waals surface area contributed by atoms with Crippen molar-refractivity contribution in [3.8, 4) is 0 Å². The molecule has 31 heavy (non-hydrogen) atoms. The fourth-order valence-corrected chi connectivity index (χ4v) is 4.33. The van der Waals surface area contributed by atoms with Crippen LogP contribution in [0.15, 0.2) is 89.8 Å². The second kappa shape index (κ2) is 10.0. The van der Waals surface area contributed by atoms with Gasteiger partial charge in [0.15, 0.2) is 0 Å². The molecule has 0 aliphatic rings. The lowest BCUT2D eigenvalue weighted by Gasteiger charge is -2.22. The Bertz CT molecular complexity index is 1130. The van der Waals surface area contributed by atoms with Crippen LogP contribution >= 0.6 is 0 Å². The Balaban J connectivity index is 1.79. The van der Waals surface area contributed by atoms with Gasteiger partial charge in [-0.05, 0) is 42.0 Å². The van der Waals surface area contributed by atoms with Gasteiger partial charge in [-0.1, -0.05) is 48.5 Å². The molecule has 160 valence electrons. The number of nitrogens with one attached hydrogen (secondary N) is 1. The highest BCUT2D eigenvalue weighted by Crippen LogP contribution is 2.19. The van der Waals surface area contributed by atoms with E-state index in [1.54, 1.807) is 42.5 Å². The minimum absolute atomic E-state index is 0.0484. The first-order chi connectivity index (χ1) is 14.9. The van der Waals surface area contributed by atoms with Crippen LogP contribution in [0.3, 0.4) is 0 Å². The quantitative estimate of drug-likeness (QED) is 0.545. The Morgan fingerprint density at radius 1 is 0.871 bits per heavy atom. The van der Waals surface area contributed by atoms with Crippen LogP contribution in [0.25, 0.3) is 0 Å². The van der Waals surface area contributed by atoms with Crippen LogP contribution in [-0.2, 0) is 26.1 Å². The van der Waals surface area contributed by atoms with Gasteiger partial charge in [0, 0.05) is 12.2 Å². The molecule has 0 radical (unpaired) electrons. The molecule has 0 aliphatic heterocycles. The number of methoxy groups -OCH3 is 1. The number of amides is 1. The molecule has 0 aliphatic carbocycles. The van der Waals surface area contributed by atoms with Crippen molar-refractivity contribution < 1.29 is 22.7 Å². The van der Waals surface area contributed by atoms with Crippen molar-refractivity contribution in [3.63, 3.8) is 0 Å². The maximum absolute atomic E-state index is 13.2. The van der Waals surface area contributed by atoms with Crippen molar-refractivity contribution in [1.29, 1.82) is 0 Å². The number of nitrogens with zero attached hydrogens (tertiary/aromatic N) is 1. The lowest BCUT2D eigenvalue weighted by Crippen LogP contribution is -2.37. The number of carbonyl (C=O) groups is 2. The van der Waals surface area contributed by atoms with E-state index in [-0.39, 0.29) is 18.0 Å². The summed E-state index contributed by atoms with van der Waals surface area (Å²) in [4.78, 5) is 24.3. The molecule has 3 aromatic carbocycles. The summed E-state index contributed by atoms with van der Waals surface area (Å²) in [6.45, 7) is -0.322. The molecule has 3 aromatic rings. The number of carbonyl (C=O) groups excluding carboxylic acids is 2. The molecule has 0 unspecified atom stereocenters. The number of anilines is 1. The third kappa shape index (κ3) is 5.78. The Morgan fingerprint density at radius 3 is 2.03 bits per heavy atom. The first-order valence-electron chi connectivity index (χ1n) is 9.47. The molecule has 3 rings (SSSR count). The maximum Gasteiger partial charge on any atom is 0.337 e. The Kier molecular flexibility index (Phi) is 7.17. The molecule has 0 heterocycles. The number of sulfonamides is 1. The van der Waals surface area contributed by atoms with Gasteiger partial charge in [-0.3, -0.25) is 4.79 Å². The van der Waals surface area contributed by atoms with Crippen molar-refractivity contribution in [3.05, 3.63) is 96.1 Å². The number of rotatable bonds is 8. The summed E-state index contributed by atoms with van der Waals surface area (Å²) in [5.74, 6) is -0.984. The fourth-order valence-electron chi connectivity index (χ4n) is 2.92. The monoisotopic (exact) mass is 438 g/mol. The van der Waals surface area contributed by atoms with Gasteiger partial charge in [0.2, 0.25) is 15.9 Å². The number of esters is 1. The Hall–Kier alpha value is -3.49. The molecule has 0 bridgehead atoms. The molecule has 7 nitrogen and oxygen atoms in total. The summed E-state index contributed by atoms with van der Waals surface area (Å²) in [7, 11) is -2.61. The van der Waals surface area contributed by atoms with Gasteiger partial charge in [0.05, 0.1) is 24.1 Å². The molecule has 8 heteroatoms. The molecule has 0 fully saturated rings. The minimum Gasteiger partial charge on any atom is -0.465 e. The van der Waals surface area contributed by atoms with E-state index in [0.717, 1.165) is 9.87 Å². The van der Waals surface area contributed by atoms with Crippen molar-refractivity contribution in [2.24, 2.45) is 0 Å². The molecule has 1 N–H and O–H groups in total. The first kappa shape index (κ1) is 22.2. The molecule has 0 saturated carbocycles. The zero-order valence-corrected chi connectivity index (χ0v) is 17.7. The van der Waals surface area contributed by atoms with E-state index in [9.17, 15) is 18.0 Å². The molecular weight excluding hydrogens is 416 g/mol. The van der Waals surface area contributed by atoms with Gasteiger partial charge >= 0.3 is 5.97 Å². The average Bonchev–Trinajstić information content (AvgIpc) is 2.80. The third-order valence-electron chi connectivity index (χ3n) is 4.49. The van der Waals surface area contributed by atoms with E-state index in [1.165, 1.54) is 31.4 Å². The highest BCUT2D eigenvalue weighted by atomic mass is 32.2. The standard InChI is InChI=1S/C23H22N2O5S/c1-30-23(27)19-12-14-20(15-13-19)24-22(26)17-25(16-18-8-4-2-5-9-18)31(28,29)21-10-6-3-7-11-21/h2-15H,16-17H2,1H3,(H,24,26). The van der Waals surface area contributed by atoms with Gasteiger partial charge in [0.25, 0.3) is 0 Å². The van der Waals surface area contributed by atoms with Crippen molar-refractivity contribution >= 4 is 27.6 Å². The zero-order valence-electron chi connectivity index (χ0n) is 16.9. The topological polar surface area (TPSA) is 92.8 Å². The number of hydrogen-bond acceptors (Lipinski definition) is 5. The van der Waals surface area contributed by atoms with E-state index in [4.69, 9.17) is 0 Å². The van der Waals surface area contributed by atoms with E-state index in [1.807, 2.05) is 18.2 Å². The summed E-state index contributed by atoms with van der Waals surface area (Å²) in [6.07, 6.45) is 0. The average molecular weight is 439 g/mol.